The Morgan fingerprint density at radius 2 is 1.71 bits per heavy atom. The molecule has 21 heavy (non-hydrogen) atoms. The van der Waals surface area contributed by atoms with Gasteiger partial charge in [0.05, 0.1) is 0 Å². The van der Waals surface area contributed by atoms with E-state index in [1.807, 2.05) is 5.32 Å². The van der Waals surface area contributed by atoms with Gasteiger partial charge in [-0.15, -0.1) is 0 Å². The van der Waals surface area contributed by atoms with E-state index in [1.54, 1.807) is 0 Å². The Bertz CT molecular complexity index is 412. The van der Waals surface area contributed by atoms with Gasteiger partial charge in [0.15, 0.2) is 0 Å². The van der Waals surface area contributed by atoms with Crippen LogP contribution in [0.3, 0.4) is 0 Å². The molecule has 4 amide bonds. The molecule has 2 aliphatic carbocycles. The van der Waals surface area contributed by atoms with Crippen molar-refractivity contribution in [2.45, 2.75) is 44.6 Å². The summed E-state index contributed by atoms with van der Waals surface area (Å²) >= 11 is 0. The molecule has 2 atom stereocenters. The van der Waals surface area contributed by atoms with Crippen molar-refractivity contribution in [1.82, 2.24) is 10.6 Å². The Morgan fingerprint density at radius 3 is 2.29 bits per heavy atom. The van der Waals surface area contributed by atoms with E-state index >= 15 is 0 Å². The predicted octanol–water partition coefficient (Wildman–Crippen LogP) is -0.159. The molecule has 0 aromatic rings. The smallest absolute Gasteiger partial charge is 0.318 e. The first kappa shape index (κ1) is 15.8. The minimum Gasteiger partial charge on any atom is -0.355 e. The molecule has 0 radical (unpaired) electrons. The second kappa shape index (κ2) is 6.89. The zero-order chi connectivity index (χ0) is 15.4. The van der Waals surface area contributed by atoms with Crippen molar-refractivity contribution >= 4 is 17.8 Å². The van der Waals surface area contributed by atoms with Gasteiger partial charge in [0.25, 0.3) is 0 Å². The minimum absolute atomic E-state index is 0.000647. The number of carbonyl (C=O) groups excluding carboxylic acids is 3. The molecule has 0 spiro atoms. The molecule has 2 aliphatic rings. The van der Waals surface area contributed by atoms with E-state index in [0.717, 1.165) is 25.7 Å². The van der Waals surface area contributed by atoms with Gasteiger partial charge in [-0.05, 0) is 37.5 Å². The highest BCUT2D eigenvalue weighted by molar-refractivity contribution is 5.93. The van der Waals surface area contributed by atoms with E-state index < -0.39 is 11.9 Å². The number of rotatable bonds is 4. The summed E-state index contributed by atoms with van der Waals surface area (Å²) in [6.07, 6.45) is 5.18. The van der Waals surface area contributed by atoms with Crippen LogP contribution in [-0.2, 0) is 9.59 Å². The number of fused-ring (bicyclic) bond motifs is 2. The lowest BCUT2D eigenvalue weighted by atomic mass is 9.65. The highest BCUT2D eigenvalue weighted by Gasteiger charge is 2.40. The Kier molecular flexibility index (Phi) is 5.17. The molecule has 0 aromatic heterocycles. The molecule has 2 unspecified atom stereocenters. The van der Waals surface area contributed by atoms with Gasteiger partial charge < -0.3 is 16.8 Å². The van der Waals surface area contributed by atoms with Crippen molar-refractivity contribution in [3.05, 3.63) is 0 Å². The average molecular weight is 296 g/mol. The second-order valence-electron chi connectivity index (χ2n) is 6.15. The Hall–Kier alpha value is -1.63. The first-order valence-electron chi connectivity index (χ1n) is 7.60. The highest BCUT2D eigenvalue weighted by atomic mass is 16.2. The third kappa shape index (κ3) is 4.17. The number of carbonyl (C=O) groups is 3. The summed E-state index contributed by atoms with van der Waals surface area (Å²) in [7, 11) is 0. The third-order valence-corrected chi connectivity index (χ3v) is 4.70. The SMILES string of the molecule is NC(=O)NC(=O)CCNC(=O)C1CC2CCCC(C1)C2N. The molecule has 7 heteroatoms. The predicted molar refractivity (Wildman–Crippen MR) is 76.9 cm³/mol. The van der Waals surface area contributed by atoms with Crippen LogP contribution in [0.1, 0.15) is 38.5 Å². The molecular weight excluding hydrogens is 272 g/mol. The fourth-order valence-electron chi connectivity index (χ4n) is 3.65. The average Bonchev–Trinajstić information content (AvgIpc) is 2.37. The molecule has 2 saturated carbocycles. The van der Waals surface area contributed by atoms with E-state index in [0.29, 0.717) is 11.8 Å². The maximum Gasteiger partial charge on any atom is 0.318 e. The Labute approximate surface area is 124 Å². The van der Waals surface area contributed by atoms with E-state index in [2.05, 4.69) is 5.32 Å². The number of amides is 4. The molecule has 6 N–H and O–H groups in total. The van der Waals surface area contributed by atoms with Gasteiger partial charge in [-0.3, -0.25) is 14.9 Å². The van der Waals surface area contributed by atoms with Crippen LogP contribution < -0.4 is 22.1 Å². The zero-order valence-electron chi connectivity index (χ0n) is 12.1. The van der Waals surface area contributed by atoms with Crippen molar-refractivity contribution in [2.24, 2.45) is 29.2 Å². The normalized spacial score (nSPS) is 31.3. The van der Waals surface area contributed by atoms with Crippen LogP contribution in [-0.4, -0.2) is 30.4 Å². The van der Waals surface area contributed by atoms with Crippen molar-refractivity contribution in [1.29, 1.82) is 0 Å². The number of nitrogens with one attached hydrogen (secondary N) is 2. The van der Waals surface area contributed by atoms with Gasteiger partial charge in [0.1, 0.15) is 0 Å². The molecular formula is C14H24N4O3. The quantitative estimate of drug-likeness (QED) is 0.575. The molecule has 2 rings (SSSR count). The molecule has 0 aliphatic heterocycles. The van der Waals surface area contributed by atoms with E-state index in [-0.39, 0.29) is 30.8 Å². The number of urea groups is 1. The standard InChI is InChI=1S/C14H24N4O3/c15-12-8-2-1-3-9(12)7-10(6-8)13(20)17-5-4-11(19)18-14(16)21/h8-10,12H,1-7,15H2,(H,17,20)(H3,16,18,19,21). The summed E-state index contributed by atoms with van der Waals surface area (Å²) in [5, 5.41) is 4.73. The molecule has 118 valence electrons. The van der Waals surface area contributed by atoms with Crippen LogP contribution in [0.15, 0.2) is 0 Å². The van der Waals surface area contributed by atoms with Gasteiger partial charge in [-0.1, -0.05) is 6.42 Å². The van der Waals surface area contributed by atoms with Gasteiger partial charge in [0, 0.05) is 24.9 Å². The summed E-state index contributed by atoms with van der Waals surface area (Å²) in [6, 6.07) is -0.635. The van der Waals surface area contributed by atoms with Gasteiger partial charge in [-0.25, -0.2) is 4.79 Å². The Morgan fingerprint density at radius 1 is 1.10 bits per heavy atom. The highest BCUT2D eigenvalue weighted by Crippen LogP contribution is 2.41. The topological polar surface area (TPSA) is 127 Å². The summed E-state index contributed by atoms with van der Waals surface area (Å²) < 4.78 is 0. The summed E-state index contributed by atoms with van der Waals surface area (Å²) in [5.41, 5.74) is 11.0. The van der Waals surface area contributed by atoms with E-state index in [9.17, 15) is 14.4 Å². The maximum atomic E-state index is 12.2. The summed E-state index contributed by atoms with van der Waals surface area (Å²) in [6.45, 7) is 0.218. The van der Waals surface area contributed by atoms with E-state index in [1.165, 1.54) is 6.42 Å². The number of imide groups is 1. The lowest BCUT2D eigenvalue weighted by molar-refractivity contribution is -0.128. The first-order valence-corrected chi connectivity index (χ1v) is 7.60. The van der Waals surface area contributed by atoms with Crippen LogP contribution in [0, 0.1) is 17.8 Å². The maximum absolute atomic E-state index is 12.2. The summed E-state index contributed by atoms with van der Waals surface area (Å²) in [5.74, 6) is 0.410. The van der Waals surface area contributed by atoms with Crippen molar-refractivity contribution < 1.29 is 14.4 Å². The monoisotopic (exact) mass is 296 g/mol. The first-order chi connectivity index (χ1) is 9.97. The molecule has 2 bridgehead atoms. The minimum atomic E-state index is -0.875. The second-order valence-corrected chi connectivity index (χ2v) is 6.15. The number of hydrogen-bond acceptors (Lipinski definition) is 4. The molecule has 0 saturated heterocycles. The molecule has 0 aromatic carbocycles. The largest absolute Gasteiger partial charge is 0.355 e. The van der Waals surface area contributed by atoms with E-state index in [4.69, 9.17) is 11.5 Å². The van der Waals surface area contributed by atoms with Crippen molar-refractivity contribution in [2.75, 3.05) is 6.54 Å². The molecule has 7 nitrogen and oxygen atoms in total. The number of nitrogens with two attached hydrogens (primary N) is 2. The fraction of sp³-hybridized carbons (Fsp3) is 0.786. The van der Waals surface area contributed by atoms with Crippen LogP contribution in [0.2, 0.25) is 0 Å². The lowest BCUT2D eigenvalue weighted by Crippen LogP contribution is -2.49. The van der Waals surface area contributed by atoms with Crippen LogP contribution in [0.25, 0.3) is 0 Å². The van der Waals surface area contributed by atoms with Gasteiger partial charge in [0.2, 0.25) is 11.8 Å². The third-order valence-electron chi connectivity index (χ3n) is 4.70. The lowest BCUT2D eigenvalue weighted by Gasteiger charge is -2.43. The van der Waals surface area contributed by atoms with Crippen LogP contribution in [0.4, 0.5) is 4.79 Å². The van der Waals surface area contributed by atoms with Crippen LogP contribution in [0.5, 0.6) is 0 Å². The van der Waals surface area contributed by atoms with Gasteiger partial charge in [-0.2, -0.15) is 0 Å². The zero-order valence-corrected chi connectivity index (χ0v) is 12.1. The van der Waals surface area contributed by atoms with Crippen molar-refractivity contribution in [3.8, 4) is 0 Å². The number of primary amides is 1. The molecule has 0 heterocycles. The van der Waals surface area contributed by atoms with Crippen LogP contribution >= 0.6 is 0 Å². The van der Waals surface area contributed by atoms with Gasteiger partial charge >= 0.3 is 6.03 Å². The summed E-state index contributed by atoms with van der Waals surface area (Å²) in [4.78, 5) is 33.9. The van der Waals surface area contributed by atoms with Crippen molar-refractivity contribution in [3.63, 3.8) is 0 Å². The molecule has 2 fully saturated rings. The fourth-order valence-corrected chi connectivity index (χ4v) is 3.65. The Balaban J connectivity index is 1.74. The number of hydrogen-bond donors (Lipinski definition) is 4.